The van der Waals surface area contributed by atoms with Gasteiger partial charge in [0.15, 0.2) is 11.5 Å². The van der Waals surface area contributed by atoms with Crippen LogP contribution in [0.2, 0.25) is 0 Å². The molecule has 3 aromatic rings. The van der Waals surface area contributed by atoms with Gasteiger partial charge >= 0.3 is 5.63 Å². The Morgan fingerprint density at radius 2 is 1.90 bits per heavy atom. The Morgan fingerprint density at radius 3 is 2.61 bits per heavy atom. The van der Waals surface area contributed by atoms with Crippen LogP contribution in [0.3, 0.4) is 0 Å². The molecule has 1 aliphatic rings. The second-order valence-electron chi connectivity index (χ2n) is 7.03. The van der Waals surface area contributed by atoms with Gasteiger partial charge in [0.1, 0.15) is 29.8 Å². The van der Waals surface area contributed by atoms with Crippen molar-refractivity contribution in [3.05, 3.63) is 98.9 Å². The van der Waals surface area contributed by atoms with Gasteiger partial charge in [0.2, 0.25) is 5.88 Å². The molecule has 1 aromatic heterocycles. The number of ether oxygens (including phenoxy) is 3. The van der Waals surface area contributed by atoms with Crippen LogP contribution >= 0.6 is 0 Å². The monoisotopic (exact) mass is 416 g/mol. The van der Waals surface area contributed by atoms with Gasteiger partial charge in [0.25, 0.3) is 0 Å². The third-order valence-corrected chi connectivity index (χ3v) is 5.01. The van der Waals surface area contributed by atoms with Gasteiger partial charge in [-0.3, -0.25) is 0 Å². The number of allylic oxidation sites excluding steroid dienone is 1. The molecule has 1 atom stereocenters. The predicted molar refractivity (Wildman–Crippen MR) is 113 cm³/mol. The van der Waals surface area contributed by atoms with E-state index in [4.69, 9.17) is 24.4 Å². The molecule has 1 aliphatic heterocycles. The third kappa shape index (κ3) is 3.83. The van der Waals surface area contributed by atoms with Crippen LogP contribution in [-0.2, 0) is 6.61 Å². The Kier molecular flexibility index (Phi) is 5.37. The molecule has 2 heterocycles. The number of nitrogens with two attached hydrogens (primary N) is 1. The maximum atomic E-state index is 12.7. The van der Waals surface area contributed by atoms with Gasteiger partial charge in [0.05, 0.1) is 18.6 Å². The first-order valence-electron chi connectivity index (χ1n) is 9.58. The number of rotatable bonds is 5. The van der Waals surface area contributed by atoms with E-state index in [-0.39, 0.29) is 22.8 Å². The normalized spacial score (nSPS) is 14.9. The molecule has 0 aliphatic carbocycles. The van der Waals surface area contributed by atoms with Crippen LogP contribution in [0.25, 0.3) is 0 Å². The third-order valence-electron chi connectivity index (χ3n) is 5.01. The summed E-state index contributed by atoms with van der Waals surface area (Å²) in [7, 11) is 1.55. The molecule has 0 amide bonds. The summed E-state index contributed by atoms with van der Waals surface area (Å²) in [5.41, 5.74) is 7.39. The Balaban J connectivity index is 1.80. The summed E-state index contributed by atoms with van der Waals surface area (Å²) in [6.07, 6.45) is 0. The van der Waals surface area contributed by atoms with Crippen molar-refractivity contribution < 1.29 is 18.6 Å². The quantitative estimate of drug-likeness (QED) is 0.675. The summed E-state index contributed by atoms with van der Waals surface area (Å²) in [4.78, 5) is 12.7. The Morgan fingerprint density at radius 1 is 1.13 bits per heavy atom. The molecule has 2 aromatic carbocycles. The molecule has 0 spiro atoms. The van der Waals surface area contributed by atoms with E-state index in [0.717, 1.165) is 5.56 Å². The molecule has 156 valence electrons. The van der Waals surface area contributed by atoms with Gasteiger partial charge in [-0.1, -0.05) is 36.4 Å². The molecule has 4 rings (SSSR count). The fourth-order valence-corrected chi connectivity index (χ4v) is 3.57. The minimum atomic E-state index is -0.754. The minimum absolute atomic E-state index is 0.0485. The Hall–Kier alpha value is -4.18. The smallest absolute Gasteiger partial charge is 0.343 e. The molecule has 0 saturated carbocycles. The van der Waals surface area contributed by atoms with E-state index < -0.39 is 11.5 Å². The van der Waals surface area contributed by atoms with Gasteiger partial charge in [0, 0.05) is 6.07 Å². The van der Waals surface area contributed by atoms with Crippen molar-refractivity contribution in [1.29, 1.82) is 5.26 Å². The molecule has 7 heteroatoms. The highest BCUT2D eigenvalue weighted by atomic mass is 16.5. The second kappa shape index (κ2) is 8.28. The number of aryl methyl sites for hydroxylation is 1. The van der Waals surface area contributed by atoms with Crippen LogP contribution in [0, 0.1) is 18.3 Å². The molecule has 0 fully saturated rings. The first-order chi connectivity index (χ1) is 15.0. The topological polar surface area (TPSA) is 108 Å². The molecule has 1 unspecified atom stereocenters. The van der Waals surface area contributed by atoms with Crippen molar-refractivity contribution in [3.63, 3.8) is 0 Å². The highest BCUT2D eigenvalue weighted by Crippen LogP contribution is 2.42. The molecular weight excluding hydrogens is 396 g/mol. The molecule has 7 nitrogen and oxygen atoms in total. The van der Waals surface area contributed by atoms with E-state index in [1.807, 2.05) is 30.3 Å². The van der Waals surface area contributed by atoms with Crippen LogP contribution in [0.4, 0.5) is 0 Å². The van der Waals surface area contributed by atoms with Crippen LogP contribution in [0.5, 0.6) is 17.2 Å². The van der Waals surface area contributed by atoms with Gasteiger partial charge in [-0.25, -0.2) is 4.79 Å². The second-order valence-corrected chi connectivity index (χ2v) is 7.03. The molecule has 31 heavy (non-hydrogen) atoms. The maximum Gasteiger partial charge on any atom is 0.343 e. The van der Waals surface area contributed by atoms with Crippen LogP contribution in [0.1, 0.15) is 28.4 Å². The lowest BCUT2D eigenvalue weighted by Gasteiger charge is -2.25. The van der Waals surface area contributed by atoms with Crippen molar-refractivity contribution in [2.24, 2.45) is 5.73 Å². The number of nitriles is 1. The first-order valence-corrected chi connectivity index (χ1v) is 9.58. The fraction of sp³-hybridized carbons (Fsp3) is 0.167. The average molecular weight is 416 g/mol. The zero-order valence-electron chi connectivity index (χ0n) is 17.0. The summed E-state index contributed by atoms with van der Waals surface area (Å²) >= 11 is 0. The van der Waals surface area contributed by atoms with Crippen LogP contribution in [0.15, 0.2) is 75.3 Å². The summed E-state index contributed by atoms with van der Waals surface area (Å²) < 4.78 is 22.2. The number of fused-ring (bicyclic) bond motifs is 1. The van der Waals surface area contributed by atoms with Crippen molar-refractivity contribution >= 4 is 0 Å². The zero-order chi connectivity index (χ0) is 22.0. The number of hydrogen-bond acceptors (Lipinski definition) is 7. The standard InChI is InChI=1S/C24H20N2O5/c1-14-10-20-22(24(27)30-14)21(17(12-25)23(26)31-20)16-8-9-18(28-2)19(11-16)29-13-15-6-4-3-5-7-15/h3-11,21H,13,26H2,1-2H3. The highest BCUT2D eigenvalue weighted by molar-refractivity contribution is 5.57. The molecule has 0 bridgehead atoms. The van der Waals surface area contributed by atoms with Crippen molar-refractivity contribution in [1.82, 2.24) is 0 Å². The number of benzene rings is 2. The lowest BCUT2D eigenvalue weighted by molar-refractivity contribution is 0.284. The number of nitrogens with zero attached hydrogens (tertiary/aromatic N) is 1. The van der Waals surface area contributed by atoms with Gasteiger partial charge in [-0.05, 0) is 30.2 Å². The molecule has 0 radical (unpaired) electrons. The predicted octanol–water partition coefficient (Wildman–Crippen LogP) is 3.75. The Labute approximate surface area is 178 Å². The molecular formula is C24H20N2O5. The summed E-state index contributed by atoms with van der Waals surface area (Å²) in [6, 6.07) is 18.6. The van der Waals surface area contributed by atoms with E-state index >= 15 is 0 Å². The zero-order valence-corrected chi connectivity index (χ0v) is 17.0. The van der Waals surface area contributed by atoms with E-state index in [9.17, 15) is 10.1 Å². The van der Waals surface area contributed by atoms with Gasteiger partial charge in [-0.2, -0.15) is 5.26 Å². The molecule has 2 N–H and O–H groups in total. The highest BCUT2D eigenvalue weighted by Gasteiger charge is 2.34. The minimum Gasteiger partial charge on any atom is -0.493 e. The molecule has 0 saturated heterocycles. The lowest BCUT2D eigenvalue weighted by Crippen LogP contribution is -2.26. The maximum absolute atomic E-state index is 12.7. The van der Waals surface area contributed by atoms with Gasteiger partial charge < -0.3 is 24.4 Å². The van der Waals surface area contributed by atoms with E-state index in [0.29, 0.717) is 29.4 Å². The summed E-state index contributed by atoms with van der Waals surface area (Å²) in [5, 5.41) is 9.73. The largest absolute Gasteiger partial charge is 0.493 e. The van der Waals surface area contributed by atoms with Crippen molar-refractivity contribution in [3.8, 4) is 23.3 Å². The first kappa shape index (κ1) is 20.1. The van der Waals surface area contributed by atoms with E-state index in [1.165, 1.54) is 0 Å². The van der Waals surface area contributed by atoms with Crippen LogP contribution in [-0.4, -0.2) is 7.11 Å². The van der Waals surface area contributed by atoms with E-state index in [2.05, 4.69) is 6.07 Å². The summed E-state index contributed by atoms with van der Waals surface area (Å²) in [5.74, 6) is 0.862. The fourth-order valence-electron chi connectivity index (χ4n) is 3.57. The summed E-state index contributed by atoms with van der Waals surface area (Å²) in [6.45, 7) is 1.97. The lowest BCUT2D eigenvalue weighted by atomic mass is 9.84. The van der Waals surface area contributed by atoms with Crippen molar-refractivity contribution in [2.75, 3.05) is 7.11 Å². The van der Waals surface area contributed by atoms with Gasteiger partial charge in [-0.15, -0.1) is 0 Å². The van der Waals surface area contributed by atoms with Crippen LogP contribution < -0.4 is 25.6 Å². The van der Waals surface area contributed by atoms with Crippen molar-refractivity contribution in [2.45, 2.75) is 19.4 Å². The number of methoxy groups -OCH3 is 1. The Bertz CT molecular complexity index is 1260. The number of hydrogen-bond donors (Lipinski definition) is 1. The van der Waals surface area contributed by atoms with E-state index in [1.54, 1.807) is 38.3 Å². The SMILES string of the molecule is COc1ccc(C2C(C#N)=C(N)Oc3cc(C)oc(=O)c32)cc1OCc1ccccc1. The average Bonchev–Trinajstić information content (AvgIpc) is 2.77.